The summed E-state index contributed by atoms with van der Waals surface area (Å²) in [7, 11) is -3.97. The lowest BCUT2D eigenvalue weighted by Crippen LogP contribution is -2.40. The van der Waals surface area contributed by atoms with Crippen LogP contribution in [0.2, 0.25) is 0 Å². The van der Waals surface area contributed by atoms with Gasteiger partial charge in [0.2, 0.25) is 0 Å². The van der Waals surface area contributed by atoms with E-state index in [1.54, 1.807) is 60.9 Å². The van der Waals surface area contributed by atoms with Crippen LogP contribution in [0, 0.1) is 20.8 Å². The Morgan fingerprint density at radius 3 is 2.48 bits per heavy atom. The second-order valence-corrected chi connectivity index (χ2v) is 8.99. The van der Waals surface area contributed by atoms with Crippen molar-refractivity contribution in [1.29, 1.82) is 0 Å². The number of nitrogens with one attached hydrogen (secondary N) is 1. The van der Waals surface area contributed by atoms with Gasteiger partial charge in [-0.15, -0.1) is 0 Å². The molecule has 160 valence electrons. The van der Waals surface area contributed by atoms with Crippen LogP contribution in [0.4, 0.5) is 5.69 Å². The highest BCUT2D eigenvalue weighted by Gasteiger charge is 2.28. The van der Waals surface area contributed by atoms with E-state index in [1.165, 1.54) is 6.21 Å². The molecule has 0 fully saturated rings. The molecule has 31 heavy (non-hydrogen) atoms. The highest BCUT2D eigenvalue weighted by atomic mass is 32.2. The zero-order chi connectivity index (χ0) is 22.4. The number of aromatic nitrogens is 1. The molecule has 0 saturated heterocycles. The Bertz CT molecular complexity index is 1190. The third-order valence-electron chi connectivity index (χ3n) is 4.83. The van der Waals surface area contributed by atoms with E-state index in [4.69, 9.17) is 0 Å². The summed E-state index contributed by atoms with van der Waals surface area (Å²) in [5.41, 5.74) is 6.21. The molecule has 0 bridgehead atoms. The predicted molar refractivity (Wildman–Crippen MR) is 122 cm³/mol. The Hall–Kier alpha value is -3.52. The number of aryl methyl sites for hydroxylation is 2. The molecular formula is C23H24N4O3S. The SMILES string of the molecule is Cc1ccc(S(=O)(=O)N(CC(=O)N/N=C\c2cccnc2)c2cccc(C)c2C)cc1. The van der Waals surface area contributed by atoms with Gasteiger partial charge >= 0.3 is 0 Å². The molecule has 7 nitrogen and oxygen atoms in total. The molecule has 3 aromatic rings. The second-order valence-electron chi connectivity index (χ2n) is 7.12. The van der Waals surface area contributed by atoms with Gasteiger partial charge < -0.3 is 0 Å². The number of carbonyl (C=O) groups is 1. The first-order valence-electron chi connectivity index (χ1n) is 9.66. The number of hydrazone groups is 1. The van der Waals surface area contributed by atoms with Gasteiger partial charge in [-0.1, -0.05) is 35.9 Å². The monoisotopic (exact) mass is 436 g/mol. The van der Waals surface area contributed by atoms with Crippen LogP contribution in [0.15, 0.2) is 77.0 Å². The van der Waals surface area contributed by atoms with Gasteiger partial charge in [-0.2, -0.15) is 5.10 Å². The number of carbonyl (C=O) groups excluding carboxylic acids is 1. The lowest BCUT2D eigenvalue weighted by Gasteiger charge is -2.26. The fourth-order valence-electron chi connectivity index (χ4n) is 2.94. The molecule has 1 heterocycles. The minimum atomic E-state index is -3.97. The number of sulfonamides is 1. The summed E-state index contributed by atoms with van der Waals surface area (Å²) in [6.45, 7) is 5.20. The number of hydrogen-bond donors (Lipinski definition) is 1. The van der Waals surface area contributed by atoms with E-state index in [1.807, 2.05) is 26.8 Å². The van der Waals surface area contributed by atoms with Gasteiger partial charge in [0.25, 0.3) is 15.9 Å². The number of amides is 1. The highest BCUT2D eigenvalue weighted by molar-refractivity contribution is 7.92. The maximum absolute atomic E-state index is 13.4. The van der Waals surface area contributed by atoms with Gasteiger partial charge in [0.05, 0.1) is 16.8 Å². The van der Waals surface area contributed by atoms with Crippen LogP contribution in [0.25, 0.3) is 0 Å². The van der Waals surface area contributed by atoms with Gasteiger partial charge in [-0.05, 0) is 56.2 Å². The van der Waals surface area contributed by atoms with Gasteiger partial charge in [0.15, 0.2) is 0 Å². The van der Waals surface area contributed by atoms with E-state index in [2.05, 4.69) is 15.5 Å². The van der Waals surface area contributed by atoms with Gasteiger partial charge in [0.1, 0.15) is 6.54 Å². The van der Waals surface area contributed by atoms with Crippen LogP contribution in [0.3, 0.4) is 0 Å². The van der Waals surface area contributed by atoms with Gasteiger partial charge in [-0.3, -0.25) is 14.1 Å². The Kier molecular flexibility index (Phi) is 6.81. The van der Waals surface area contributed by atoms with Crippen molar-refractivity contribution in [3.8, 4) is 0 Å². The molecule has 0 spiro atoms. The number of pyridine rings is 1. The second kappa shape index (κ2) is 9.53. The summed E-state index contributed by atoms with van der Waals surface area (Å²) < 4.78 is 28.0. The van der Waals surface area contributed by atoms with Crippen LogP contribution in [-0.4, -0.2) is 32.1 Å². The van der Waals surface area contributed by atoms with Crippen LogP contribution in [-0.2, 0) is 14.8 Å². The number of benzene rings is 2. The first-order valence-corrected chi connectivity index (χ1v) is 11.1. The average Bonchev–Trinajstić information content (AvgIpc) is 2.75. The largest absolute Gasteiger partial charge is 0.271 e. The first kappa shape index (κ1) is 22.2. The Morgan fingerprint density at radius 1 is 1.06 bits per heavy atom. The predicted octanol–water partition coefficient (Wildman–Crippen LogP) is 3.35. The minimum absolute atomic E-state index is 0.116. The molecule has 1 amide bonds. The van der Waals surface area contributed by atoms with Crippen LogP contribution >= 0.6 is 0 Å². The third kappa shape index (κ3) is 5.35. The summed E-state index contributed by atoms with van der Waals surface area (Å²) in [6, 6.07) is 15.4. The lowest BCUT2D eigenvalue weighted by atomic mass is 10.1. The van der Waals surface area contributed by atoms with Crippen molar-refractivity contribution >= 4 is 27.8 Å². The minimum Gasteiger partial charge on any atom is -0.271 e. The quantitative estimate of drug-likeness (QED) is 0.454. The molecule has 1 N–H and O–H groups in total. The van der Waals surface area contributed by atoms with Gasteiger partial charge in [0, 0.05) is 18.0 Å². The van der Waals surface area contributed by atoms with Crippen molar-refractivity contribution in [2.45, 2.75) is 25.7 Å². The van der Waals surface area contributed by atoms with Crippen molar-refractivity contribution in [3.05, 3.63) is 89.2 Å². The normalized spacial score (nSPS) is 11.5. The topological polar surface area (TPSA) is 91.7 Å². The zero-order valence-electron chi connectivity index (χ0n) is 17.6. The number of nitrogens with zero attached hydrogens (tertiary/aromatic N) is 3. The van der Waals surface area contributed by atoms with E-state index >= 15 is 0 Å². The van der Waals surface area contributed by atoms with Crippen LogP contribution < -0.4 is 9.73 Å². The number of anilines is 1. The number of rotatable bonds is 7. The molecule has 0 aliphatic heterocycles. The maximum atomic E-state index is 13.4. The fourth-order valence-corrected chi connectivity index (χ4v) is 4.42. The number of hydrogen-bond acceptors (Lipinski definition) is 5. The van der Waals surface area contributed by atoms with Crippen LogP contribution in [0.5, 0.6) is 0 Å². The summed E-state index contributed by atoms with van der Waals surface area (Å²) in [4.78, 5) is 16.7. The molecule has 0 atom stereocenters. The molecule has 8 heteroatoms. The van der Waals surface area contributed by atoms with Gasteiger partial charge in [-0.25, -0.2) is 13.8 Å². The molecule has 0 unspecified atom stereocenters. The Balaban J connectivity index is 1.91. The Labute approximate surface area is 182 Å². The van der Waals surface area contributed by atoms with Crippen molar-refractivity contribution in [2.75, 3.05) is 10.8 Å². The summed E-state index contributed by atoms with van der Waals surface area (Å²) in [5, 5.41) is 3.91. The maximum Gasteiger partial charge on any atom is 0.264 e. The third-order valence-corrected chi connectivity index (χ3v) is 6.60. The molecule has 2 aromatic carbocycles. The Morgan fingerprint density at radius 2 is 1.81 bits per heavy atom. The van der Waals surface area contributed by atoms with E-state index in [0.29, 0.717) is 11.3 Å². The van der Waals surface area contributed by atoms with E-state index in [9.17, 15) is 13.2 Å². The van der Waals surface area contributed by atoms with Crippen molar-refractivity contribution in [1.82, 2.24) is 10.4 Å². The van der Waals surface area contributed by atoms with Crippen molar-refractivity contribution in [2.24, 2.45) is 5.10 Å². The molecular weight excluding hydrogens is 412 g/mol. The van der Waals surface area contributed by atoms with Crippen molar-refractivity contribution < 1.29 is 13.2 Å². The van der Waals surface area contributed by atoms with E-state index < -0.39 is 22.5 Å². The van der Waals surface area contributed by atoms with Crippen LogP contribution in [0.1, 0.15) is 22.3 Å². The molecule has 3 rings (SSSR count). The van der Waals surface area contributed by atoms with Crippen molar-refractivity contribution in [3.63, 3.8) is 0 Å². The molecule has 0 aliphatic carbocycles. The first-order chi connectivity index (χ1) is 14.8. The summed E-state index contributed by atoms with van der Waals surface area (Å²) in [5.74, 6) is -0.559. The molecule has 0 saturated carbocycles. The molecule has 1 aromatic heterocycles. The standard InChI is InChI=1S/C23H24N4O3S/c1-17-9-11-21(12-10-17)31(29,30)27(22-8-4-6-18(2)19(22)3)16-23(28)26-25-15-20-7-5-13-24-14-20/h4-15H,16H2,1-3H3,(H,26,28)/b25-15-. The summed E-state index contributed by atoms with van der Waals surface area (Å²) >= 11 is 0. The molecule has 0 radical (unpaired) electrons. The average molecular weight is 437 g/mol. The summed E-state index contributed by atoms with van der Waals surface area (Å²) in [6.07, 6.45) is 4.68. The molecule has 0 aliphatic rings. The van der Waals surface area contributed by atoms with E-state index in [0.717, 1.165) is 21.0 Å². The highest BCUT2D eigenvalue weighted by Crippen LogP contribution is 2.28. The fraction of sp³-hybridized carbons (Fsp3) is 0.174. The lowest BCUT2D eigenvalue weighted by molar-refractivity contribution is -0.119. The smallest absolute Gasteiger partial charge is 0.264 e. The van der Waals surface area contributed by atoms with E-state index in [-0.39, 0.29) is 4.90 Å². The zero-order valence-corrected chi connectivity index (χ0v) is 18.4.